The van der Waals surface area contributed by atoms with Crippen LogP contribution in [-0.4, -0.2) is 0 Å². The molecule has 2 aromatic heterocycles. The molecular weight excluding hydrogens is 440 g/mol. The number of hydrogen-bond acceptors (Lipinski definition) is 2. The molecule has 0 atom stereocenters. The van der Waals surface area contributed by atoms with E-state index in [4.69, 9.17) is 15.4 Å². The third-order valence-corrected chi connectivity index (χ3v) is 6.34. The average molecular weight is 482 g/mol. The molecule has 5 aromatic rings. The molecule has 3 heteroatoms. The van der Waals surface area contributed by atoms with E-state index in [1.807, 2.05) is 19.1 Å². The summed E-state index contributed by atoms with van der Waals surface area (Å²) in [5.41, 5.74) is 3.43. The summed E-state index contributed by atoms with van der Waals surface area (Å²) in [5, 5.41) is 11.0. The van der Waals surface area contributed by atoms with Crippen LogP contribution in [-0.2, 0) is 13.4 Å². The van der Waals surface area contributed by atoms with Crippen LogP contribution >= 0.6 is 0 Å². The minimum Gasteiger partial charge on any atom is -0.455 e. The summed E-state index contributed by atoms with van der Waals surface area (Å²) in [5.74, 6) is 0. The maximum Gasteiger partial charge on any atom is 0.216 e. The van der Waals surface area contributed by atoms with Gasteiger partial charge in [-0.2, -0.15) is 5.26 Å². The molecule has 36 heavy (non-hydrogen) atoms. The maximum absolute atomic E-state index is 9.44. The van der Waals surface area contributed by atoms with Crippen LogP contribution in [0.5, 0.6) is 0 Å². The van der Waals surface area contributed by atoms with Crippen molar-refractivity contribution in [2.45, 2.75) is 47.8 Å². The Morgan fingerprint density at radius 3 is 2.47 bits per heavy atom. The molecule has 5 rings (SSSR count). The molecule has 2 heterocycles. The first-order chi connectivity index (χ1) is 20.3. The molecule has 0 saturated heterocycles. The first-order valence-corrected chi connectivity index (χ1v) is 11.8. The summed E-state index contributed by atoms with van der Waals surface area (Å²) in [6.45, 7) is 1.91. The van der Waals surface area contributed by atoms with Crippen LogP contribution in [0.1, 0.15) is 59.6 Å². The van der Waals surface area contributed by atoms with Crippen LogP contribution in [0.15, 0.2) is 65.2 Å². The molecule has 3 nitrogen and oxygen atoms in total. The maximum atomic E-state index is 9.44. The Hall–Kier alpha value is -3.90. The van der Waals surface area contributed by atoms with Crippen molar-refractivity contribution in [3.8, 4) is 28.5 Å². The Morgan fingerprint density at radius 2 is 1.75 bits per heavy atom. The third kappa shape index (κ3) is 4.18. The van der Waals surface area contributed by atoms with Gasteiger partial charge in [0.15, 0.2) is 6.20 Å². The summed E-state index contributed by atoms with van der Waals surface area (Å²) >= 11 is 0. The molecule has 0 amide bonds. The average Bonchev–Trinajstić information content (AvgIpc) is 3.29. The van der Waals surface area contributed by atoms with Gasteiger partial charge in [-0.05, 0) is 78.4 Å². The molecule has 0 N–H and O–H groups in total. The molecule has 0 fully saturated rings. The van der Waals surface area contributed by atoms with Crippen LogP contribution < -0.4 is 4.57 Å². The summed E-state index contributed by atoms with van der Waals surface area (Å²) in [7, 11) is 1.73. The molecule has 0 spiro atoms. The summed E-state index contributed by atoms with van der Waals surface area (Å²) < 4.78 is 75.6. The number of pyridine rings is 1. The van der Waals surface area contributed by atoms with Crippen LogP contribution in [0.4, 0.5) is 0 Å². The summed E-state index contributed by atoms with van der Waals surface area (Å²) in [6.07, 6.45) is -0.357. The lowest BCUT2D eigenvalue weighted by Gasteiger charge is -2.19. The minimum absolute atomic E-state index is 0.0334. The highest BCUT2D eigenvalue weighted by atomic mass is 16.3. The standard InChI is InChI=1S/C33H33N2O/c1-20-8-11-26-28-15-24(18-34)10-13-30(28)36-32(26)31(20)29-16-27(22(3)19-35(29)7)25-12-9-23(14-21(25)2)17-33(4,5)6/h8-16,19H,17H2,1-7H3/q+1/i2D3,3D3,17D2. The predicted molar refractivity (Wildman–Crippen MR) is 148 cm³/mol. The smallest absolute Gasteiger partial charge is 0.216 e. The van der Waals surface area contributed by atoms with Crippen molar-refractivity contribution >= 4 is 21.9 Å². The third-order valence-electron chi connectivity index (χ3n) is 6.34. The van der Waals surface area contributed by atoms with Gasteiger partial charge in [0, 0.05) is 33.4 Å². The molecule has 0 unspecified atom stereocenters. The lowest BCUT2D eigenvalue weighted by Crippen LogP contribution is -2.31. The van der Waals surface area contributed by atoms with E-state index in [1.54, 1.807) is 62.7 Å². The van der Waals surface area contributed by atoms with Crippen molar-refractivity contribution in [2.75, 3.05) is 0 Å². The van der Waals surface area contributed by atoms with Crippen molar-refractivity contribution < 1.29 is 20.0 Å². The molecule has 0 aliphatic rings. The fourth-order valence-corrected chi connectivity index (χ4v) is 4.74. The number of rotatable bonds is 3. The van der Waals surface area contributed by atoms with E-state index in [0.717, 1.165) is 16.3 Å². The highest BCUT2D eigenvalue weighted by molar-refractivity contribution is 6.10. The highest BCUT2D eigenvalue weighted by Crippen LogP contribution is 2.39. The van der Waals surface area contributed by atoms with E-state index in [1.165, 1.54) is 18.3 Å². The van der Waals surface area contributed by atoms with Crippen LogP contribution in [0.2, 0.25) is 0 Å². The zero-order valence-corrected chi connectivity index (χ0v) is 21.1. The number of fused-ring (bicyclic) bond motifs is 3. The van der Waals surface area contributed by atoms with Crippen LogP contribution in [0.25, 0.3) is 44.3 Å². The fraction of sp³-hybridized carbons (Fsp3) is 0.273. The quantitative estimate of drug-likeness (QED) is 0.244. The molecule has 3 aromatic carbocycles. The lowest BCUT2D eigenvalue weighted by molar-refractivity contribution is -0.660. The van der Waals surface area contributed by atoms with Gasteiger partial charge in [-0.3, -0.25) is 0 Å². The Kier molecular flexibility index (Phi) is 3.83. The molecular formula is C33H33N2O+. The van der Waals surface area contributed by atoms with Gasteiger partial charge < -0.3 is 4.42 Å². The van der Waals surface area contributed by atoms with Gasteiger partial charge >= 0.3 is 0 Å². The van der Waals surface area contributed by atoms with E-state index < -0.39 is 25.5 Å². The number of furan rings is 1. The molecule has 0 radical (unpaired) electrons. The molecule has 0 aliphatic carbocycles. The van der Waals surface area contributed by atoms with Crippen molar-refractivity contribution in [1.82, 2.24) is 0 Å². The number of nitrogens with zero attached hydrogens (tertiary/aromatic N) is 2. The lowest BCUT2D eigenvalue weighted by atomic mass is 9.86. The van der Waals surface area contributed by atoms with E-state index in [0.29, 0.717) is 28.0 Å². The van der Waals surface area contributed by atoms with Crippen molar-refractivity contribution in [2.24, 2.45) is 12.5 Å². The molecule has 180 valence electrons. The Labute approximate surface area is 224 Å². The highest BCUT2D eigenvalue weighted by Gasteiger charge is 2.23. The minimum atomic E-state index is -2.66. The fourth-order valence-electron chi connectivity index (χ4n) is 4.74. The number of hydrogen-bond donors (Lipinski definition) is 0. The Balaban J connectivity index is 1.86. The van der Waals surface area contributed by atoms with E-state index in [9.17, 15) is 5.26 Å². The Bertz CT molecular complexity index is 1990. The molecule has 0 bridgehead atoms. The number of aromatic nitrogens is 1. The zero-order valence-electron chi connectivity index (χ0n) is 29.1. The second-order valence-corrected chi connectivity index (χ2v) is 10.3. The zero-order chi connectivity index (χ0) is 32.6. The van der Waals surface area contributed by atoms with Crippen LogP contribution in [0.3, 0.4) is 0 Å². The first-order valence-electron chi connectivity index (χ1n) is 15.8. The molecule has 0 aliphatic heterocycles. The van der Waals surface area contributed by atoms with Crippen LogP contribution in [0, 0.1) is 37.4 Å². The van der Waals surface area contributed by atoms with Crippen molar-refractivity contribution in [3.63, 3.8) is 0 Å². The topological polar surface area (TPSA) is 40.8 Å². The van der Waals surface area contributed by atoms with Gasteiger partial charge in [0.2, 0.25) is 5.69 Å². The van der Waals surface area contributed by atoms with Crippen molar-refractivity contribution in [3.05, 3.63) is 88.6 Å². The molecule has 0 saturated carbocycles. The number of benzene rings is 3. The van der Waals surface area contributed by atoms with Gasteiger partial charge in [0.05, 0.1) is 17.2 Å². The van der Waals surface area contributed by atoms with E-state index >= 15 is 0 Å². The predicted octanol–water partition coefficient (Wildman–Crippen LogP) is 8.13. The first kappa shape index (κ1) is 16.0. The normalized spacial score (nSPS) is 16.2. The monoisotopic (exact) mass is 481 g/mol. The summed E-state index contributed by atoms with van der Waals surface area (Å²) in [4.78, 5) is 0. The second-order valence-electron chi connectivity index (χ2n) is 10.3. The Morgan fingerprint density at radius 1 is 0.944 bits per heavy atom. The number of aryl methyl sites for hydroxylation is 4. The summed E-state index contributed by atoms with van der Waals surface area (Å²) in [6, 6.07) is 17.3. The van der Waals surface area contributed by atoms with Gasteiger partial charge in [-0.25, -0.2) is 4.57 Å². The SMILES string of the molecule is [2H]C([2H])([2H])c1cc(C([2H])([2H])C(C)(C)C)ccc1-c1cc(-c2c(C)ccc3c2oc2ccc(C#N)cc23)[n+](C)cc1C([2H])([2H])[2H]. The van der Waals surface area contributed by atoms with E-state index in [2.05, 4.69) is 6.07 Å². The van der Waals surface area contributed by atoms with Gasteiger partial charge in [-0.15, -0.1) is 0 Å². The second kappa shape index (κ2) is 8.64. The van der Waals surface area contributed by atoms with E-state index in [-0.39, 0.29) is 27.8 Å². The number of nitriles is 1. The van der Waals surface area contributed by atoms with Gasteiger partial charge in [0.1, 0.15) is 18.2 Å². The van der Waals surface area contributed by atoms with Gasteiger partial charge in [-0.1, -0.05) is 51.1 Å². The largest absolute Gasteiger partial charge is 0.455 e. The van der Waals surface area contributed by atoms with Crippen molar-refractivity contribution in [1.29, 1.82) is 5.26 Å². The van der Waals surface area contributed by atoms with Gasteiger partial charge in [0.25, 0.3) is 0 Å².